The average molecular weight is 296 g/mol. The fourth-order valence-electron chi connectivity index (χ4n) is 3.01. The second kappa shape index (κ2) is 6.99. The molecule has 4 heteroatoms. The van der Waals surface area contributed by atoms with Gasteiger partial charge in [-0.3, -0.25) is 0 Å². The standard InChI is InChI=1S/C16H28N2OS/c1-6-17-14-8-7-13(10(2)3)9-15(14)20-16-18-11(4)12(5)19-16/h10,13-15,17H,6-9H2,1-5H3. The van der Waals surface area contributed by atoms with E-state index in [1.807, 2.05) is 25.6 Å². The van der Waals surface area contributed by atoms with E-state index >= 15 is 0 Å². The lowest BCUT2D eigenvalue weighted by molar-refractivity contribution is 0.246. The summed E-state index contributed by atoms with van der Waals surface area (Å²) in [5.41, 5.74) is 1.02. The summed E-state index contributed by atoms with van der Waals surface area (Å²) in [7, 11) is 0. The van der Waals surface area contributed by atoms with Crippen LogP contribution in [0.25, 0.3) is 0 Å². The number of oxazole rings is 1. The van der Waals surface area contributed by atoms with Gasteiger partial charge in [0, 0.05) is 11.3 Å². The molecule has 1 aromatic heterocycles. The maximum absolute atomic E-state index is 5.76. The van der Waals surface area contributed by atoms with Gasteiger partial charge in [-0.1, -0.05) is 32.5 Å². The highest BCUT2D eigenvalue weighted by atomic mass is 32.2. The van der Waals surface area contributed by atoms with Crippen LogP contribution in [0.2, 0.25) is 0 Å². The van der Waals surface area contributed by atoms with Crippen LogP contribution in [0, 0.1) is 25.7 Å². The number of aryl methyl sites for hydroxylation is 2. The highest BCUT2D eigenvalue weighted by molar-refractivity contribution is 7.99. The van der Waals surface area contributed by atoms with Gasteiger partial charge >= 0.3 is 0 Å². The molecule has 20 heavy (non-hydrogen) atoms. The average Bonchev–Trinajstić information content (AvgIpc) is 2.70. The number of rotatable bonds is 5. The Balaban J connectivity index is 2.06. The zero-order valence-corrected chi connectivity index (χ0v) is 14.2. The first-order valence-corrected chi connectivity index (χ1v) is 8.73. The Bertz CT molecular complexity index is 411. The molecule has 114 valence electrons. The van der Waals surface area contributed by atoms with E-state index in [4.69, 9.17) is 4.42 Å². The molecule has 1 aromatic rings. The fraction of sp³-hybridized carbons (Fsp3) is 0.812. The van der Waals surface area contributed by atoms with Gasteiger partial charge in [0.05, 0.1) is 5.69 Å². The maximum Gasteiger partial charge on any atom is 0.256 e. The lowest BCUT2D eigenvalue weighted by Crippen LogP contribution is -2.43. The second-order valence-electron chi connectivity index (χ2n) is 6.26. The fourth-order valence-corrected chi connectivity index (χ4v) is 4.38. The monoisotopic (exact) mass is 296 g/mol. The third-order valence-electron chi connectivity index (χ3n) is 4.50. The van der Waals surface area contributed by atoms with Gasteiger partial charge in [-0.15, -0.1) is 0 Å². The van der Waals surface area contributed by atoms with E-state index in [0.717, 1.165) is 35.1 Å². The molecule has 0 aromatic carbocycles. The zero-order valence-electron chi connectivity index (χ0n) is 13.4. The van der Waals surface area contributed by atoms with Crippen molar-refractivity contribution < 1.29 is 4.42 Å². The van der Waals surface area contributed by atoms with Crippen molar-refractivity contribution in [2.45, 2.75) is 70.4 Å². The van der Waals surface area contributed by atoms with Crippen molar-refractivity contribution in [3.63, 3.8) is 0 Å². The Morgan fingerprint density at radius 3 is 2.65 bits per heavy atom. The van der Waals surface area contributed by atoms with Crippen LogP contribution in [0.5, 0.6) is 0 Å². The largest absolute Gasteiger partial charge is 0.437 e. The Kier molecular flexibility index (Phi) is 5.56. The number of thioether (sulfide) groups is 1. The number of nitrogens with one attached hydrogen (secondary N) is 1. The van der Waals surface area contributed by atoms with Crippen LogP contribution in [0.1, 0.15) is 51.5 Å². The van der Waals surface area contributed by atoms with Crippen LogP contribution in [-0.4, -0.2) is 22.8 Å². The smallest absolute Gasteiger partial charge is 0.256 e. The molecule has 1 heterocycles. The van der Waals surface area contributed by atoms with Crippen LogP contribution in [0.15, 0.2) is 9.64 Å². The number of aromatic nitrogens is 1. The SMILES string of the molecule is CCNC1CCC(C(C)C)CC1Sc1nc(C)c(C)o1. The molecule has 0 radical (unpaired) electrons. The number of hydrogen-bond donors (Lipinski definition) is 1. The lowest BCUT2D eigenvalue weighted by Gasteiger charge is -2.37. The molecule has 1 aliphatic rings. The highest BCUT2D eigenvalue weighted by Gasteiger charge is 2.33. The molecule has 3 atom stereocenters. The van der Waals surface area contributed by atoms with Crippen LogP contribution >= 0.6 is 11.8 Å². The third kappa shape index (κ3) is 3.79. The van der Waals surface area contributed by atoms with Gasteiger partial charge in [-0.05, 0) is 51.5 Å². The first-order chi connectivity index (χ1) is 9.51. The topological polar surface area (TPSA) is 38.1 Å². The summed E-state index contributed by atoms with van der Waals surface area (Å²) in [5.74, 6) is 2.55. The van der Waals surface area contributed by atoms with Crippen molar-refractivity contribution in [3.05, 3.63) is 11.5 Å². The van der Waals surface area contributed by atoms with E-state index in [1.165, 1.54) is 19.3 Å². The van der Waals surface area contributed by atoms with E-state index < -0.39 is 0 Å². The first kappa shape index (κ1) is 15.9. The van der Waals surface area contributed by atoms with Crippen molar-refractivity contribution in [2.75, 3.05) is 6.54 Å². The van der Waals surface area contributed by atoms with Gasteiger partial charge in [0.15, 0.2) is 0 Å². The van der Waals surface area contributed by atoms with Gasteiger partial charge in [-0.2, -0.15) is 0 Å². The summed E-state index contributed by atoms with van der Waals surface area (Å²) in [4.78, 5) is 4.54. The maximum atomic E-state index is 5.76. The molecule has 2 rings (SSSR count). The Morgan fingerprint density at radius 2 is 2.10 bits per heavy atom. The molecule has 0 saturated heterocycles. The minimum absolute atomic E-state index is 0.577. The quantitative estimate of drug-likeness (QED) is 0.884. The highest BCUT2D eigenvalue weighted by Crippen LogP contribution is 2.39. The minimum atomic E-state index is 0.577. The van der Waals surface area contributed by atoms with Gasteiger partial charge in [-0.25, -0.2) is 4.98 Å². The van der Waals surface area contributed by atoms with Gasteiger partial charge in [0.25, 0.3) is 5.22 Å². The summed E-state index contributed by atoms with van der Waals surface area (Å²) in [6.45, 7) is 11.9. The van der Waals surface area contributed by atoms with Gasteiger partial charge in [0.2, 0.25) is 0 Å². The Labute approximate surface area is 127 Å². The number of nitrogens with zero attached hydrogens (tertiary/aromatic N) is 1. The third-order valence-corrected chi connectivity index (χ3v) is 5.70. The number of hydrogen-bond acceptors (Lipinski definition) is 4. The van der Waals surface area contributed by atoms with E-state index in [1.54, 1.807) is 0 Å². The Hall–Kier alpha value is -0.480. The van der Waals surface area contributed by atoms with Crippen LogP contribution < -0.4 is 5.32 Å². The molecule has 0 aliphatic heterocycles. The van der Waals surface area contributed by atoms with E-state index in [9.17, 15) is 0 Å². The summed E-state index contributed by atoms with van der Waals surface area (Å²) in [6.07, 6.45) is 3.88. The van der Waals surface area contributed by atoms with Crippen LogP contribution in [0.4, 0.5) is 0 Å². The molecule has 0 amide bonds. The summed E-state index contributed by atoms with van der Waals surface area (Å²) < 4.78 is 5.76. The Morgan fingerprint density at radius 1 is 1.35 bits per heavy atom. The summed E-state index contributed by atoms with van der Waals surface area (Å²) >= 11 is 1.83. The molecular formula is C16H28N2OS. The van der Waals surface area contributed by atoms with E-state index in [2.05, 4.69) is 31.1 Å². The predicted molar refractivity (Wildman–Crippen MR) is 85.3 cm³/mol. The lowest BCUT2D eigenvalue weighted by atomic mass is 9.79. The molecule has 0 spiro atoms. The van der Waals surface area contributed by atoms with Crippen molar-refractivity contribution in [1.82, 2.24) is 10.3 Å². The predicted octanol–water partition coefficient (Wildman–Crippen LogP) is 4.19. The second-order valence-corrected chi connectivity index (χ2v) is 7.45. The van der Waals surface area contributed by atoms with Gasteiger partial charge in [0.1, 0.15) is 5.76 Å². The summed E-state index contributed by atoms with van der Waals surface area (Å²) in [5, 5.41) is 5.07. The molecule has 3 nitrogen and oxygen atoms in total. The van der Waals surface area contributed by atoms with Crippen molar-refractivity contribution in [1.29, 1.82) is 0 Å². The molecule has 1 saturated carbocycles. The molecule has 1 aliphatic carbocycles. The first-order valence-electron chi connectivity index (χ1n) is 7.85. The molecule has 1 fully saturated rings. The molecular weight excluding hydrogens is 268 g/mol. The van der Waals surface area contributed by atoms with Crippen LogP contribution in [0.3, 0.4) is 0 Å². The molecule has 3 unspecified atom stereocenters. The normalized spacial score (nSPS) is 27.2. The summed E-state index contributed by atoms with van der Waals surface area (Å²) in [6, 6.07) is 0.590. The molecule has 1 N–H and O–H groups in total. The van der Waals surface area contributed by atoms with E-state index in [0.29, 0.717) is 11.3 Å². The zero-order chi connectivity index (χ0) is 14.7. The van der Waals surface area contributed by atoms with Crippen molar-refractivity contribution in [2.24, 2.45) is 11.8 Å². The van der Waals surface area contributed by atoms with Gasteiger partial charge < -0.3 is 9.73 Å². The minimum Gasteiger partial charge on any atom is -0.437 e. The molecule has 0 bridgehead atoms. The van der Waals surface area contributed by atoms with Crippen LogP contribution in [-0.2, 0) is 0 Å². The van der Waals surface area contributed by atoms with Crippen molar-refractivity contribution in [3.8, 4) is 0 Å². The van der Waals surface area contributed by atoms with E-state index in [-0.39, 0.29) is 0 Å². The van der Waals surface area contributed by atoms with Crippen molar-refractivity contribution >= 4 is 11.8 Å².